The van der Waals surface area contributed by atoms with Crippen LogP contribution in [0.1, 0.15) is 98.9 Å². The van der Waals surface area contributed by atoms with Gasteiger partial charge in [-0.25, -0.2) is 14.6 Å². The molecule has 3 fully saturated rings. The minimum atomic E-state index is -1.56. The summed E-state index contributed by atoms with van der Waals surface area (Å²) in [5, 5.41) is 45.7. The maximum Gasteiger partial charge on any atom is 0.407 e. The first-order chi connectivity index (χ1) is 44.3. The predicted molar refractivity (Wildman–Crippen MR) is 336 cm³/mol. The fraction of sp³-hybridized carbons (Fsp3) is 0.476. The molecule has 1 aromatic heterocycles. The highest BCUT2D eigenvalue weighted by Gasteiger charge is 2.43. The van der Waals surface area contributed by atoms with Crippen molar-refractivity contribution in [3.63, 3.8) is 0 Å². The summed E-state index contributed by atoms with van der Waals surface area (Å²) in [6, 6.07) is 14.3. The molecule has 28 nitrogen and oxygen atoms in total. The SMILES string of the molecule is CSCC[C@H](NC(=O)OCC1c2ccccc2-c2ccccc21)C(=O)N[C@@H](CCC(=O)O)C(=O)N[C@@H](Cc1c[nH]cn1)C(=O)N[C@@H](Cc1ccccc1)C(=O)N1CCC[C@H]1C(=O)NCC(=O)N1CCC[C@H]1C(=O)N[C@@H](CCCNC(=N)N)C(=O)N1CCC[C@H]1C(=O)O. The van der Waals surface area contributed by atoms with Gasteiger partial charge < -0.3 is 77.6 Å². The fourth-order valence-corrected chi connectivity index (χ4v) is 12.7. The van der Waals surface area contributed by atoms with E-state index in [1.807, 2.05) is 48.5 Å². The van der Waals surface area contributed by atoms with E-state index in [9.17, 15) is 63.0 Å². The summed E-state index contributed by atoms with van der Waals surface area (Å²) in [7, 11) is 0. The van der Waals surface area contributed by atoms with Crippen molar-refractivity contribution in [1.29, 1.82) is 5.41 Å². The van der Waals surface area contributed by atoms with Crippen molar-refractivity contribution in [3.8, 4) is 11.1 Å². The molecule has 0 radical (unpaired) electrons. The summed E-state index contributed by atoms with van der Waals surface area (Å²) in [6.07, 6.45) is 4.77. The predicted octanol–water partition coefficient (Wildman–Crippen LogP) is 1.10. The van der Waals surface area contributed by atoms with E-state index in [-0.39, 0.29) is 96.0 Å². The van der Waals surface area contributed by atoms with Crippen LogP contribution in [0.3, 0.4) is 0 Å². The monoisotopic (exact) mass is 1290 g/mol. The van der Waals surface area contributed by atoms with Gasteiger partial charge in [0.15, 0.2) is 5.96 Å². The molecule has 9 amide bonds. The number of carboxylic acid groups (broad SMARTS) is 2. The number of hydrogen-bond acceptors (Lipinski definition) is 15. The zero-order chi connectivity index (χ0) is 65.8. The van der Waals surface area contributed by atoms with E-state index < -0.39 is 133 Å². The lowest BCUT2D eigenvalue weighted by atomic mass is 9.98. The zero-order valence-electron chi connectivity index (χ0n) is 51.1. The number of amides is 9. The summed E-state index contributed by atoms with van der Waals surface area (Å²) in [4.78, 5) is 162. The minimum Gasteiger partial charge on any atom is -0.481 e. The van der Waals surface area contributed by atoms with Crippen LogP contribution in [0.2, 0.25) is 0 Å². The molecule has 29 heteroatoms. The number of carbonyl (C=O) groups is 11. The van der Waals surface area contributed by atoms with Gasteiger partial charge in [0.1, 0.15) is 54.9 Å². The molecule has 4 aliphatic rings. The number of aromatic nitrogens is 2. The number of carbonyl (C=O) groups excluding carboxylic acids is 9. The number of aliphatic carboxylic acids is 2. The molecule has 3 saturated heterocycles. The lowest BCUT2D eigenvalue weighted by molar-refractivity contribution is -0.149. The molecule has 4 heterocycles. The number of nitrogens with one attached hydrogen (secondary N) is 9. The Balaban J connectivity index is 0.922. The van der Waals surface area contributed by atoms with Gasteiger partial charge >= 0.3 is 18.0 Å². The van der Waals surface area contributed by atoms with Crippen LogP contribution in [-0.4, -0.2) is 206 Å². The van der Waals surface area contributed by atoms with Gasteiger partial charge in [0, 0.05) is 57.6 Å². The second-order valence-electron chi connectivity index (χ2n) is 23.1. The van der Waals surface area contributed by atoms with Crippen molar-refractivity contribution in [1.82, 2.24) is 61.9 Å². The van der Waals surface area contributed by atoms with Crippen LogP contribution in [0.4, 0.5) is 4.79 Å². The van der Waals surface area contributed by atoms with E-state index in [1.165, 1.54) is 39.0 Å². The van der Waals surface area contributed by atoms with Crippen molar-refractivity contribution in [2.75, 3.05) is 51.3 Å². The Kier molecular flexibility index (Phi) is 24.5. The normalized spacial score (nSPS) is 18.2. The van der Waals surface area contributed by atoms with Crippen LogP contribution in [0.5, 0.6) is 0 Å². The zero-order valence-corrected chi connectivity index (χ0v) is 51.9. The molecule has 0 bridgehead atoms. The number of rotatable bonds is 31. The smallest absolute Gasteiger partial charge is 0.407 e. The summed E-state index contributed by atoms with van der Waals surface area (Å²) in [5.41, 5.74) is 10.3. The van der Waals surface area contributed by atoms with E-state index in [0.717, 1.165) is 22.3 Å². The second kappa shape index (κ2) is 33.0. The number of carboxylic acids is 2. The number of aromatic amines is 1. The topological polar surface area (TPSA) is 410 Å². The maximum absolute atomic E-state index is 14.9. The Morgan fingerprint density at radius 1 is 0.652 bits per heavy atom. The molecule has 0 saturated carbocycles. The standard InChI is InChI=1S/C63H80N14O14S/c1-92-30-25-45(74-63(90)91-35-43-41-17-7-5-15-39(41)40-16-6-8-18-42(40)43)55(82)70-44(23-24-53(79)80)54(81)72-47(32-38-33-66-36-69-38)56(83)73-48(31-37-13-3-2-4-14-37)60(87)76-28-11-20-49(76)57(84)68-34-52(78)75-27-10-21-50(75)58(85)71-46(19-9-26-67-62(64)65)59(86)77-29-12-22-51(77)61(88)89/h2-8,13-18,33,36,43-51H,9-12,19-32,34-35H2,1H3,(H,66,69)(H,68,84)(H,70,82)(H,71,85)(H,72,81)(H,73,83)(H,74,90)(H,79,80)(H,88,89)(H4,64,65,67)/t44-,45-,46-,47-,48-,49-,50-,51-/m0/s1. The van der Waals surface area contributed by atoms with Gasteiger partial charge in [-0.3, -0.25) is 48.6 Å². The molecule has 8 atom stereocenters. The Morgan fingerprint density at radius 2 is 1.22 bits per heavy atom. The van der Waals surface area contributed by atoms with E-state index in [1.54, 1.807) is 36.6 Å². The number of nitrogens with zero attached hydrogens (tertiary/aromatic N) is 4. The van der Waals surface area contributed by atoms with Gasteiger partial charge in [-0.05, 0) is 104 Å². The molecule has 4 aromatic rings. The highest BCUT2D eigenvalue weighted by atomic mass is 32.2. The Morgan fingerprint density at radius 3 is 1.84 bits per heavy atom. The molecule has 492 valence electrons. The number of imidazole rings is 1. The Labute approximate surface area is 535 Å². The lowest BCUT2D eigenvalue weighted by Crippen LogP contribution is -2.60. The fourth-order valence-electron chi connectivity index (χ4n) is 12.3. The van der Waals surface area contributed by atoms with Crippen molar-refractivity contribution in [3.05, 3.63) is 114 Å². The molecular weight excluding hydrogens is 1210 g/mol. The Bertz CT molecular complexity index is 3280. The van der Waals surface area contributed by atoms with Crippen LogP contribution < -0.4 is 43.0 Å². The molecular formula is C63H80N14O14S. The van der Waals surface area contributed by atoms with E-state index in [2.05, 4.69) is 47.2 Å². The first-order valence-electron chi connectivity index (χ1n) is 30.9. The lowest BCUT2D eigenvalue weighted by Gasteiger charge is -2.31. The molecule has 1 aliphatic carbocycles. The maximum atomic E-state index is 14.9. The summed E-state index contributed by atoms with van der Waals surface area (Å²) < 4.78 is 5.74. The largest absolute Gasteiger partial charge is 0.481 e. The number of guanidine groups is 1. The Hall–Kier alpha value is -9.54. The molecule has 0 unspecified atom stereocenters. The van der Waals surface area contributed by atoms with E-state index >= 15 is 0 Å². The second-order valence-corrected chi connectivity index (χ2v) is 24.1. The minimum absolute atomic E-state index is 0.0428. The summed E-state index contributed by atoms with van der Waals surface area (Å²) in [6.45, 7) is 0.0111. The molecule has 92 heavy (non-hydrogen) atoms. The highest BCUT2D eigenvalue weighted by molar-refractivity contribution is 7.98. The van der Waals surface area contributed by atoms with Crippen LogP contribution in [0.15, 0.2) is 91.4 Å². The molecule has 3 aromatic carbocycles. The first kappa shape index (κ1) is 68.4. The average molecular weight is 1290 g/mol. The van der Waals surface area contributed by atoms with E-state index in [0.29, 0.717) is 36.3 Å². The van der Waals surface area contributed by atoms with Crippen molar-refractivity contribution in [2.24, 2.45) is 5.73 Å². The number of likely N-dealkylation sites (tertiary alicyclic amines) is 3. The number of ether oxygens (including phenoxy) is 1. The number of fused-ring (bicyclic) bond motifs is 3. The third-order valence-corrected chi connectivity index (χ3v) is 17.5. The summed E-state index contributed by atoms with van der Waals surface area (Å²) in [5.74, 6) is -8.46. The molecule has 13 N–H and O–H groups in total. The van der Waals surface area contributed by atoms with Gasteiger partial charge in [-0.15, -0.1) is 0 Å². The molecule has 3 aliphatic heterocycles. The number of thioether (sulfide) groups is 1. The number of alkyl carbamates (subject to hydrolysis) is 1. The van der Waals surface area contributed by atoms with Crippen LogP contribution >= 0.6 is 11.8 Å². The first-order valence-corrected chi connectivity index (χ1v) is 32.2. The quantitative estimate of drug-likeness (QED) is 0.0191. The molecule has 8 rings (SSSR count). The highest BCUT2D eigenvalue weighted by Crippen LogP contribution is 2.44. The van der Waals surface area contributed by atoms with Gasteiger partial charge in [0.25, 0.3) is 0 Å². The van der Waals surface area contributed by atoms with Crippen molar-refractivity contribution in [2.45, 2.75) is 138 Å². The van der Waals surface area contributed by atoms with Gasteiger partial charge in [0.05, 0.1) is 18.6 Å². The van der Waals surface area contributed by atoms with Crippen molar-refractivity contribution >= 4 is 83.0 Å². The number of benzene rings is 3. The third-order valence-electron chi connectivity index (χ3n) is 16.9. The third kappa shape index (κ3) is 18.1. The average Bonchev–Trinajstić information content (AvgIpc) is 1.62. The number of hydrogen-bond donors (Lipinski definition) is 12. The molecule has 0 spiro atoms. The van der Waals surface area contributed by atoms with Crippen LogP contribution in [-0.2, 0) is 65.5 Å². The number of nitrogens with two attached hydrogens (primary N) is 1. The van der Waals surface area contributed by atoms with Gasteiger partial charge in [0.2, 0.25) is 47.3 Å². The van der Waals surface area contributed by atoms with Crippen LogP contribution in [0, 0.1) is 5.41 Å². The van der Waals surface area contributed by atoms with Crippen LogP contribution in [0.25, 0.3) is 11.1 Å². The summed E-state index contributed by atoms with van der Waals surface area (Å²) >= 11 is 1.40. The van der Waals surface area contributed by atoms with E-state index in [4.69, 9.17) is 15.9 Å². The van der Waals surface area contributed by atoms with Crippen molar-refractivity contribution < 1.29 is 67.7 Å². The van der Waals surface area contributed by atoms with Gasteiger partial charge in [-0.1, -0.05) is 78.9 Å². The van der Waals surface area contributed by atoms with Gasteiger partial charge in [-0.2, -0.15) is 11.8 Å². The number of H-pyrrole nitrogens is 1.